The number of hydrogen-bond donors (Lipinski definition) is 1. The molecular formula is C19H20N2O4S. The average molecular weight is 372 g/mol. The zero-order chi connectivity index (χ0) is 18.7. The second kappa shape index (κ2) is 7.39. The van der Waals surface area contributed by atoms with Gasteiger partial charge in [-0.25, -0.2) is 13.1 Å². The second-order valence-corrected chi connectivity index (χ2v) is 7.97. The van der Waals surface area contributed by atoms with E-state index in [1.54, 1.807) is 41.3 Å². The van der Waals surface area contributed by atoms with Crippen molar-refractivity contribution in [3.05, 3.63) is 59.7 Å². The predicted molar refractivity (Wildman–Crippen MR) is 98.8 cm³/mol. The Morgan fingerprint density at radius 1 is 1.08 bits per heavy atom. The van der Waals surface area contributed by atoms with Crippen LogP contribution in [0.25, 0.3) is 0 Å². The number of nitrogens with zero attached hydrogens (tertiary/aromatic N) is 1. The monoisotopic (exact) mass is 372 g/mol. The van der Waals surface area contributed by atoms with Gasteiger partial charge in [-0.15, -0.1) is 0 Å². The summed E-state index contributed by atoms with van der Waals surface area (Å²) in [6.07, 6.45) is 0.880. The fourth-order valence-electron chi connectivity index (χ4n) is 3.05. The van der Waals surface area contributed by atoms with Crippen LogP contribution >= 0.6 is 0 Å². The molecule has 0 radical (unpaired) electrons. The average Bonchev–Trinajstić information content (AvgIpc) is 3.09. The van der Waals surface area contributed by atoms with Crippen LogP contribution in [0.5, 0.6) is 0 Å². The van der Waals surface area contributed by atoms with Gasteiger partial charge in [0.2, 0.25) is 15.9 Å². The number of carbonyl (C=O) groups is 2. The van der Waals surface area contributed by atoms with Crippen molar-refractivity contribution in [1.82, 2.24) is 4.72 Å². The molecule has 3 rings (SSSR count). The van der Waals surface area contributed by atoms with Gasteiger partial charge in [-0.1, -0.05) is 30.3 Å². The van der Waals surface area contributed by atoms with Crippen LogP contribution in [0.15, 0.2) is 53.4 Å². The molecule has 7 heteroatoms. The van der Waals surface area contributed by atoms with Gasteiger partial charge >= 0.3 is 0 Å². The predicted octanol–water partition coefficient (Wildman–Crippen LogP) is 2.15. The molecular weight excluding hydrogens is 352 g/mol. The highest BCUT2D eigenvalue weighted by molar-refractivity contribution is 7.89. The zero-order valence-corrected chi connectivity index (χ0v) is 15.3. The quantitative estimate of drug-likeness (QED) is 0.788. The first-order chi connectivity index (χ1) is 12.4. The highest BCUT2D eigenvalue weighted by Gasteiger charge is 2.26. The smallest absolute Gasteiger partial charge is 0.240 e. The Balaban J connectivity index is 1.69. The van der Waals surface area contributed by atoms with Crippen LogP contribution in [-0.2, 0) is 21.2 Å². The third-order valence-corrected chi connectivity index (χ3v) is 5.90. The number of hydrogen-bond acceptors (Lipinski definition) is 4. The van der Waals surface area contributed by atoms with Crippen LogP contribution < -0.4 is 9.62 Å². The lowest BCUT2D eigenvalue weighted by Crippen LogP contribution is -2.29. The zero-order valence-electron chi connectivity index (χ0n) is 14.4. The first kappa shape index (κ1) is 18.3. The number of amides is 1. The first-order valence-electron chi connectivity index (χ1n) is 8.37. The molecule has 2 aromatic carbocycles. The summed E-state index contributed by atoms with van der Waals surface area (Å²) in [5.41, 5.74) is 2.14. The van der Waals surface area contributed by atoms with Crippen LogP contribution in [0.2, 0.25) is 0 Å². The molecule has 1 N–H and O–H groups in total. The number of anilines is 1. The molecule has 1 amide bonds. The van der Waals surface area contributed by atoms with E-state index in [0.717, 1.165) is 11.3 Å². The summed E-state index contributed by atoms with van der Waals surface area (Å²) >= 11 is 0. The Bertz CT molecular complexity index is 939. The van der Waals surface area contributed by atoms with Gasteiger partial charge in [0.1, 0.15) is 0 Å². The maximum atomic E-state index is 12.5. The summed E-state index contributed by atoms with van der Waals surface area (Å²) in [4.78, 5) is 26.5. The van der Waals surface area contributed by atoms with Gasteiger partial charge in [0.25, 0.3) is 0 Å². The van der Waals surface area contributed by atoms with Crippen molar-refractivity contribution in [3.63, 3.8) is 0 Å². The van der Waals surface area contributed by atoms with Gasteiger partial charge in [-0.2, -0.15) is 0 Å². The van der Waals surface area contributed by atoms with E-state index in [1.807, 2.05) is 6.07 Å². The summed E-state index contributed by atoms with van der Waals surface area (Å²) in [5, 5.41) is 0. The van der Waals surface area contributed by atoms with E-state index >= 15 is 0 Å². The molecule has 0 atom stereocenters. The maximum absolute atomic E-state index is 12.5. The fourth-order valence-corrected chi connectivity index (χ4v) is 3.83. The molecule has 0 bridgehead atoms. The van der Waals surface area contributed by atoms with E-state index in [-0.39, 0.29) is 29.4 Å². The largest absolute Gasteiger partial charge is 0.312 e. The van der Waals surface area contributed by atoms with Crippen molar-refractivity contribution in [3.8, 4) is 0 Å². The van der Waals surface area contributed by atoms with E-state index in [2.05, 4.69) is 4.72 Å². The highest BCUT2D eigenvalue weighted by atomic mass is 32.2. The molecule has 0 saturated carbocycles. The highest BCUT2D eigenvalue weighted by Crippen LogP contribution is 2.30. The topological polar surface area (TPSA) is 83.6 Å². The van der Waals surface area contributed by atoms with E-state index < -0.39 is 10.0 Å². The van der Waals surface area contributed by atoms with E-state index in [9.17, 15) is 18.0 Å². The van der Waals surface area contributed by atoms with Crippen LogP contribution in [0.3, 0.4) is 0 Å². The van der Waals surface area contributed by atoms with E-state index in [1.165, 1.54) is 13.1 Å². The molecule has 0 spiro atoms. The van der Waals surface area contributed by atoms with Gasteiger partial charge in [-0.3, -0.25) is 9.59 Å². The molecule has 0 fully saturated rings. The fraction of sp³-hybridized carbons (Fsp3) is 0.263. The summed E-state index contributed by atoms with van der Waals surface area (Å²) in [6.45, 7) is 0.497. The van der Waals surface area contributed by atoms with Gasteiger partial charge in [0.15, 0.2) is 5.78 Å². The van der Waals surface area contributed by atoms with Crippen LogP contribution in [0, 0.1) is 0 Å². The standard InChI is InChI=1S/C19H20N2O4S/c1-20-26(24,25)16-7-8-17-15(13-16)11-12-21(17)19(23)10-9-18(22)14-5-3-2-4-6-14/h2-8,13,20H,9-12H2,1H3. The molecule has 0 aliphatic carbocycles. The number of ketones is 1. The Kier molecular flexibility index (Phi) is 5.20. The third-order valence-electron chi connectivity index (χ3n) is 4.49. The van der Waals surface area contributed by atoms with E-state index in [4.69, 9.17) is 0 Å². The molecule has 1 aliphatic heterocycles. The van der Waals surface area contributed by atoms with Gasteiger partial charge in [0.05, 0.1) is 4.90 Å². The molecule has 2 aromatic rings. The molecule has 1 aliphatic rings. The normalized spacial score (nSPS) is 13.5. The summed E-state index contributed by atoms with van der Waals surface area (Å²) in [6, 6.07) is 13.7. The molecule has 136 valence electrons. The Morgan fingerprint density at radius 3 is 2.50 bits per heavy atom. The lowest BCUT2D eigenvalue weighted by molar-refractivity contribution is -0.118. The number of nitrogens with one attached hydrogen (secondary N) is 1. The minimum Gasteiger partial charge on any atom is -0.312 e. The number of fused-ring (bicyclic) bond motifs is 1. The molecule has 0 saturated heterocycles. The second-order valence-electron chi connectivity index (χ2n) is 6.08. The Morgan fingerprint density at radius 2 is 1.81 bits per heavy atom. The van der Waals surface area contributed by atoms with Crippen LogP contribution in [-0.4, -0.2) is 33.7 Å². The molecule has 0 unspecified atom stereocenters. The molecule has 1 heterocycles. The van der Waals surface area contributed by atoms with E-state index in [0.29, 0.717) is 18.5 Å². The lowest BCUT2D eigenvalue weighted by atomic mass is 10.1. The van der Waals surface area contributed by atoms with Crippen molar-refractivity contribution in [2.45, 2.75) is 24.2 Å². The van der Waals surface area contributed by atoms with Crippen molar-refractivity contribution in [1.29, 1.82) is 0 Å². The molecule has 26 heavy (non-hydrogen) atoms. The van der Waals surface area contributed by atoms with Crippen LogP contribution in [0.1, 0.15) is 28.8 Å². The first-order valence-corrected chi connectivity index (χ1v) is 9.86. The summed E-state index contributed by atoms with van der Waals surface area (Å²) in [5.74, 6) is -0.189. The Labute approximate surface area is 152 Å². The van der Waals surface area contributed by atoms with Crippen molar-refractivity contribution in [2.75, 3.05) is 18.5 Å². The van der Waals surface area contributed by atoms with Crippen LogP contribution in [0.4, 0.5) is 5.69 Å². The van der Waals surface area contributed by atoms with Gasteiger partial charge in [0, 0.05) is 30.6 Å². The summed E-state index contributed by atoms with van der Waals surface area (Å²) < 4.78 is 26.1. The van der Waals surface area contributed by atoms with Gasteiger partial charge < -0.3 is 4.90 Å². The number of Topliss-reactive ketones (excluding diaryl/α,β-unsaturated/α-hetero) is 1. The minimum absolute atomic E-state index is 0.0613. The Hall–Kier alpha value is -2.51. The van der Waals surface area contributed by atoms with Crippen molar-refractivity contribution >= 4 is 27.4 Å². The molecule has 0 aromatic heterocycles. The minimum atomic E-state index is -3.51. The number of rotatable bonds is 6. The van der Waals surface area contributed by atoms with Gasteiger partial charge in [-0.05, 0) is 37.2 Å². The number of sulfonamides is 1. The number of carbonyl (C=O) groups excluding carboxylic acids is 2. The SMILES string of the molecule is CNS(=O)(=O)c1ccc2c(c1)CCN2C(=O)CCC(=O)c1ccccc1. The lowest BCUT2D eigenvalue weighted by Gasteiger charge is -2.17. The molecule has 6 nitrogen and oxygen atoms in total. The number of benzene rings is 2. The maximum Gasteiger partial charge on any atom is 0.240 e. The van der Waals surface area contributed by atoms with Crippen molar-refractivity contribution in [2.24, 2.45) is 0 Å². The third kappa shape index (κ3) is 3.68. The summed E-state index contributed by atoms with van der Waals surface area (Å²) in [7, 11) is -2.14. The van der Waals surface area contributed by atoms with Crippen molar-refractivity contribution < 1.29 is 18.0 Å².